The third-order valence-electron chi connectivity index (χ3n) is 2.95. The molecule has 4 heteroatoms. The Labute approximate surface area is 93.3 Å². The summed E-state index contributed by atoms with van der Waals surface area (Å²) < 4.78 is 0. The Bertz CT molecular complexity index is 501. The van der Waals surface area contributed by atoms with Crippen molar-refractivity contribution < 1.29 is 5.11 Å². The number of H-pyrrole nitrogens is 1. The highest BCUT2D eigenvalue weighted by atomic mass is 16.3. The fourth-order valence-corrected chi connectivity index (χ4v) is 2.10. The van der Waals surface area contributed by atoms with E-state index in [0.717, 1.165) is 30.8 Å². The summed E-state index contributed by atoms with van der Waals surface area (Å²) in [6.45, 7) is 1.86. The number of benzene rings is 1. The Morgan fingerprint density at radius 1 is 1.19 bits per heavy atom. The van der Waals surface area contributed by atoms with E-state index in [1.807, 2.05) is 12.1 Å². The Hall–Kier alpha value is -1.81. The number of hydrogen-bond acceptors (Lipinski definition) is 3. The molecule has 0 unspecified atom stereocenters. The predicted octanol–water partition coefficient (Wildman–Crippen LogP) is 1.43. The van der Waals surface area contributed by atoms with Crippen LogP contribution >= 0.6 is 0 Å². The van der Waals surface area contributed by atoms with Crippen LogP contribution < -0.4 is 5.32 Å². The van der Waals surface area contributed by atoms with E-state index in [9.17, 15) is 5.11 Å². The average Bonchev–Trinajstić information content (AvgIpc) is 2.74. The summed E-state index contributed by atoms with van der Waals surface area (Å²) in [5.74, 6) is 0.287. The Kier molecular flexibility index (Phi) is 2.15. The van der Waals surface area contributed by atoms with Crippen LogP contribution in [0.15, 0.2) is 24.3 Å². The SMILES string of the molecule is Oc1ccc(-c2n[nH]c3c2CCNC3)cc1. The van der Waals surface area contributed by atoms with Gasteiger partial charge in [-0.25, -0.2) is 0 Å². The average molecular weight is 215 g/mol. The fourth-order valence-electron chi connectivity index (χ4n) is 2.10. The molecule has 0 spiro atoms. The summed E-state index contributed by atoms with van der Waals surface area (Å²) in [5.41, 5.74) is 4.53. The minimum Gasteiger partial charge on any atom is -0.508 e. The van der Waals surface area contributed by atoms with Crippen molar-refractivity contribution in [2.75, 3.05) is 6.54 Å². The maximum atomic E-state index is 9.25. The molecule has 1 aliphatic rings. The summed E-state index contributed by atoms with van der Waals surface area (Å²) in [7, 11) is 0. The standard InChI is InChI=1S/C12H13N3O/c16-9-3-1-8(2-4-9)12-10-5-6-13-7-11(10)14-15-12/h1-4,13,16H,5-7H2,(H,14,15). The molecule has 1 aliphatic heterocycles. The van der Waals surface area contributed by atoms with Crippen molar-refractivity contribution in [2.24, 2.45) is 0 Å². The molecule has 0 radical (unpaired) electrons. The van der Waals surface area contributed by atoms with Crippen molar-refractivity contribution in [1.29, 1.82) is 0 Å². The number of rotatable bonds is 1. The van der Waals surface area contributed by atoms with Gasteiger partial charge >= 0.3 is 0 Å². The van der Waals surface area contributed by atoms with Gasteiger partial charge in [-0.1, -0.05) is 0 Å². The normalized spacial score (nSPS) is 14.8. The van der Waals surface area contributed by atoms with Crippen molar-refractivity contribution in [3.8, 4) is 17.0 Å². The van der Waals surface area contributed by atoms with E-state index in [1.165, 1.54) is 11.3 Å². The maximum absolute atomic E-state index is 9.25. The first-order valence-corrected chi connectivity index (χ1v) is 5.41. The van der Waals surface area contributed by atoms with Crippen molar-refractivity contribution in [1.82, 2.24) is 15.5 Å². The van der Waals surface area contributed by atoms with Gasteiger partial charge in [0.1, 0.15) is 5.75 Å². The van der Waals surface area contributed by atoms with Crippen LogP contribution in [0.25, 0.3) is 11.3 Å². The lowest BCUT2D eigenvalue weighted by molar-refractivity contribution is 0.475. The van der Waals surface area contributed by atoms with Crippen LogP contribution in [-0.4, -0.2) is 21.8 Å². The smallest absolute Gasteiger partial charge is 0.115 e. The number of aromatic amines is 1. The van der Waals surface area contributed by atoms with E-state index < -0.39 is 0 Å². The molecule has 0 bridgehead atoms. The highest BCUT2D eigenvalue weighted by Crippen LogP contribution is 2.26. The first kappa shape index (κ1) is 9.42. The van der Waals surface area contributed by atoms with Crippen molar-refractivity contribution in [3.63, 3.8) is 0 Å². The quantitative estimate of drug-likeness (QED) is 0.674. The van der Waals surface area contributed by atoms with E-state index in [1.54, 1.807) is 12.1 Å². The van der Waals surface area contributed by atoms with Crippen LogP contribution in [0.5, 0.6) is 5.75 Å². The number of aromatic hydroxyl groups is 1. The third-order valence-corrected chi connectivity index (χ3v) is 2.95. The molecule has 2 heterocycles. The molecular formula is C12H13N3O. The van der Waals surface area contributed by atoms with E-state index >= 15 is 0 Å². The lowest BCUT2D eigenvalue weighted by Gasteiger charge is -2.12. The zero-order chi connectivity index (χ0) is 11.0. The molecule has 0 saturated carbocycles. The molecule has 0 saturated heterocycles. The van der Waals surface area contributed by atoms with Gasteiger partial charge in [-0.05, 0) is 37.2 Å². The fraction of sp³-hybridized carbons (Fsp3) is 0.250. The van der Waals surface area contributed by atoms with Crippen molar-refractivity contribution in [2.45, 2.75) is 13.0 Å². The van der Waals surface area contributed by atoms with Crippen LogP contribution in [0, 0.1) is 0 Å². The first-order chi connectivity index (χ1) is 7.84. The van der Waals surface area contributed by atoms with Crippen molar-refractivity contribution >= 4 is 0 Å². The van der Waals surface area contributed by atoms with Gasteiger partial charge in [-0.2, -0.15) is 5.10 Å². The number of nitrogens with zero attached hydrogens (tertiary/aromatic N) is 1. The number of fused-ring (bicyclic) bond motifs is 1. The number of nitrogens with one attached hydrogen (secondary N) is 2. The predicted molar refractivity (Wildman–Crippen MR) is 61.1 cm³/mol. The second-order valence-corrected chi connectivity index (χ2v) is 4.00. The Balaban J connectivity index is 2.06. The zero-order valence-electron chi connectivity index (χ0n) is 8.83. The van der Waals surface area contributed by atoms with E-state index in [-0.39, 0.29) is 5.75 Å². The van der Waals surface area contributed by atoms with Gasteiger partial charge in [0, 0.05) is 17.7 Å². The lowest BCUT2D eigenvalue weighted by atomic mass is 10.0. The molecule has 2 aromatic rings. The molecule has 16 heavy (non-hydrogen) atoms. The maximum Gasteiger partial charge on any atom is 0.115 e. The minimum atomic E-state index is 0.287. The monoisotopic (exact) mass is 215 g/mol. The highest BCUT2D eigenvalue weighted by molar-refractivity contribution is 5.65. The van der Waals surface area contributed by atoms with E-state index in [4.69, 9.17) is 0 Å². The molecule has 1 aromatic carbocycles. The summed E-state index contributed by atoms with van der Waals surface area (Å²) in [6.07, 6.45) is 1.00. The molecule has 3 rings (SSSR count). The highest BCUT2D eigenvalue weighted by Gasteiger charge is 2.17. The number of hydrogen-bond donors (Lipinski definition) is 3. The Morgan fingerprint density at radius 2 is 2.00 bits per heavy atom. The summed E-state index contributed by atoms with van der Waals surface area (Å²) >= 11 is 0. The molecule has 0 atom stereocenters. The second kappa shape index (κ2) is 3.64. The lowest BCUT2D eigenvalue weighted by Crippen LogP contribution is -2.23. The minimum absolute atomic E-state index is 0.287. The molecular weight excluding hydrogens is 202 g/mol. The molecule has 82 valence electrons. The third kappa shape index (κ3) is 1.47. The first-order valence-electron chi connectivity index (χ1n) is 5.41. The van der Waals surface area contributed by atoms with Crippen LogP contribution in [0.1, 0.15) is 11.3 Å². The van der Waals surface area contributed by atoms with E-state index in [2.05, 4.69) is 15.5 Å². The van der Waals surface area contributed by atoms with Gasteiger partial charge < -0.3 is 10.4 Å². The summed E-state index contributed by atoms with van der Waals surface area (Å²) in [5, 5.41) is 20.0. The zero-order valence-corrected chi connectivity index (χ0v) is 8.83. The van der Waals surface area contributed by atoms with Crippen LogP contribution in [0.4, 0.5) is 0 Å². The second-order valence-electron chi connectivity index (χ2n) is 4.00. The Morgan fingerprint density at radius 3 is 2.81 bits per heavy atom. The van der Waals surface area contributed by atoms with Gasteiger partial charge in [0.15, 0.2) is 0 Å². The van der Waals surface area contributed by atoms with Gasteiger partial charge in [-0.15, -0.1) is 0 Å². The molecule has 0 fully saturated rings. The van der Waals surface area contributed by atoms with Crippen LogP contribution in [0.3, 0.4) is 0 Å². The molecule has 3 N–H and O–H groups in total. The summed E-state index contributed by atoms with van der Waals surface area (Å²) in [4.78, 5) is 0. The van der Waals surface area contributed by atoms with Crippen LogP contribution in [0.2, 0.25) is 0 Å². The topological polar surface area (TPSA) is 60.9 Å². The molecule has 1 aromatic heterocycles. The van der Waals surface area contributed by atoms with Gasteiger partial charge in [0.05, 0.1) is 11.4 Å². The van der Waals surface area contributed by atoms with Crippen molar-refractivity contribution in [3.05, 3.63) is 35.5 Å². The van der Waals surface area contributed by atoms with Crippen LogP contribution in [-0.2, 0) is 13.0 Å². The molecule has 4 nitrogen and oxygen atoms in total. The largest absolute Gasteiger partial charge is 0.508 e. The molecule has 0 amide bonds. The number of aromatic nitrogens is 2. The van der Waals surface area contributed by atoms with Gasteiger partial charge in [0.25, 0.3) is 0 Å². The van der Waals surface area contributed by atoms with E-state index in [0.29, 0.717) is 0 Å². The number of phenolic OH excluding ortho intramolecular Hbond substituents is 1. The summed E-state index contributed by atoms with van der Waals surface area (Å²) in [6, 6.07) is 7.18. The number of phenols is 1. The molecule has 0 aliphatic carbocycles. The van der Waals surface area contributed by atoms with Gasteiger partial charge in [0.2, 0.25) is 0 Å². The van der Waals surface area contributed by atoms with Gasteiger partial charge in [-0.3, -0.25) is 5.10 Å².